The van der Waals surface area contributed by atoms with Crippen molar-refractivity contribution in [2.75, 3.05) is 16.8 Å². The number of nitrogens with one attached hydrogen (secondary N) is 1. The molecule has 0 radical (unpaired) electrons. The summed E-state index contributed by atoms with van der Waals surface area (Å²) in [5.41, 5.74) is 1.40. The van der Waals surface area contributed by atoms with Crippen LogP contribution in [0.1, 0.15) is 20.3 Å². The zero-order chi connectivity index (χ0) is 18.7. The van der Waals surface area contributed by atoms with Gasteiger partial charge in [-0.05, 0) is 56.3 Å². The van der Waals surface area contributed by atoms with Gasteiger partial charge in [-0.1, -0.05) is 17.7 Å². The van der Waals surface area contributed by atoms with Gasteiger partial charge in [0, 0.05) is 29.4 Å². The normalized spacial score (nSPS) is 16.8. The van der Waals surface area contributed by atoms with Crippen molar-refractivity contribution in [3.63, 3.8) is 0 Å². The first-order chi connectivity index (χ1) is 12.4. The molecule has 2 aromatic rings. The Balaban J connectivity index is 1.63. The summed E-state index contributed by atoms with van der Waals surface area (Å²) in [5, 5.41) is 3.43. The van der Waals surface area contributed by atoms with Crippen LogP contribution in [-0.4, -0.2) is 24.5 Å². The van der Waals surface area contributed by atoms with E-state index in [1.807, 2.05) is 32.0 Å². The van der Waals surface area contributed by atoms with E-state index in [2.05, 4.69) is 5.32 Å². The number of hydrogen-bond acceptors (Lipinski definition) is 3. The van der Waals surface area contributed by atoms with Crippen molar-refractivity contribution in [2.45, 2.75) is 26.4 Å². The van der Waals surface area contributed by atoms with E-state index in [-0.39, 0.29) is 24.3 Å². The maximum Gasteiger partial charge on any atom is 0.229 e. The minimum atomic E-state index is -0.395. The maximum absolute atomic E-state index is 12.5. The second-order valence-corrected chi connectivity index (χ2v) is 7.00. The summed E-state index contributed by atoms with van der Waals surface area (Å²) in [6.07, 6.45) is 0.282. The molecule has 6 heteroatoms. The van der Waals surface area contributed by atoms with Gasteiger partial charge in [0.15, 0.2) is 0 Å². The summed E-state index contributed by atoms with van der Waals surface area (Å²) < 4.78 is 5.59. The van der Waals surface area contributed by atoms with Gasteiger partial charge in [0.05, 0.1) is 12.0 Å². The molecule has 2 amide bonds. The van der Waals surface area contributed by atoms with Crippen molar-refractivity contribution in [1.29, 1.82) is 0 Å². The van der Waals surface area contributed by atoms with Crippen LogP contribution in [0.15, 0.2) is 48.5 Å². The molecule has 5 nitrogen and oxygen atoms in total. The lowest BCUT2D eigenvalue weighted by Gasteiger charge is -2.17. The Morgan fingerprint density at radius 1 is 1.23 bits per heavy atom. The monoisotopic (exact) mass is 372 g/mol. The second-order valence-electron chi connectivity index (χ2n) is 6.57. The van der Waals surface area contributed by atoms with Crippen LogP contribution in [0.25, 0.3) is 0 Å². The molecule has 0 saturated carbocycles. The third kappa shape index (κ3) is 4.35. The van der Waals surface area contributed by atoms with Gasteiger partial charge in [-0.25, -0.2) is 0 Å². The second kappa shape index (κ2) is 7.79. The summed E-state index contributed by atoms with van der Waals surface area (Å²) in [7, 11) is 0. The predicted octanol–water partition coefficient (Wildman–Crippen LogP) is 4.12. The Labute approximate surface area is 157 Å². The SMILES string of the molecule is CC(C)Oc1ccc(NC(=O)C2CC(=O)N(c3cccc(Cl)c3)C2)cc1. The van der Waals surface area contributed by atoms with Crippen molar-refractivity contribution >= 4 is 34.8 Å². The van der Waals surface area contributed by atoms with Gasteiger partial charge in [-0.3, -0.25) is 9.59 Å². The summed E-state index contributed by atoms with van der Waals surface area (Å²) in [5.74, 6) is 0.114. The fourth-order valence-corrected chi connectivity index (χ4v) is 3.09. The van der Waals surface area contributed by atoms with Gasteiger partial charge in [0.1, 0.15) is 5.75 Å². The number of carbonyl (C=O) groups is 2. The van der Waals surface area contributed by atoms with Gasteiger partial charge >= 0.3 is 0 Å². The molecule has 2 aromatic carbocycles. The first-order valence-corrected chi connectivity index (χ1v) is 8.93. The number of anilines is 2. The molecule has 1 fully saturated rings. The van der Waals surface area contributed by atoms with Crippen molar-refractivity contribution in [2.24, 2.45) is 5.92 Å². The molecule has 1 heterocycles. The lowest BCUT2D eigenvalue weighted by molar-refractivity contribution is -0.122. The van der Waals surface area contributed by atoms with Gasteiger partial charge in [-0.2, -0.15) is 0 Å². The number of amides is 2. The lowest BCUT2D eigenvalue weighted by Crippen LogP contribution is -2.28. The van der Waals surface area contributed by atoms with Crippen LogP contribution in [0.3, 0.4) is 0 Å². The number of halogens is 1. The fraction of sp³-hybridized carbons (Fsp3) is 0.300. The van der Waals surface area contributed by atoms with E-state index < -0.39 is 5.92 Å². The summed E-state index contributed by atoms with van der Waals surface area (Å²) in [6.45, 7) is 4.26. The van der Waals surface area contributed by atoms with Crippen molar-refractivity contribution in [1.82, 2.24) is 0 Å². The quantitative estimate of drug-likeness (QED) is 0.858. The van der Waals surface area contributed by atoms with E-state index >= 15 is 0 Å². The molecular weight excluding hydrogens is 352 g/mol. The zero-order valence-corrected chi connectivity index (χ0v) is 15.5. The van der Waals surface area contributed by atoms with E-state index in [0.717, 1.165) is 5.75 Å². The average molecular weight is 373 g/mol. The maximum atomic E-state index is 12.5. The van der Waals surface area contributed by atoms with E-state index in [4.69, 9.17) is 16.3 Å². The van der Waals surface area contributed by atoms with Gasteiger partial charge in [-0.15, -0.1) is 0 Å². The van der Waals surface area contributed by atoms with Gasteiger partial charge in [0.2, 0.25) is 11.8 Å². The summed E-state index contributed by atoms with van der Waals surface area (Å²) in [6, 6.07) is 14.3. The van der Waals surface area contributed by atoms with E-state index in [1.54, 1.807) is 35.2 Å². The van der Waals surface area contributed by atoms with E-state index in [0.29, 0.717) is 22.9 Å². The van der Waals surface area contributed by atoms with Crippen LogP contribution in [0.2, 0.25) is 5.02 Å². The topological polar surface area (TPSA) is 58.6 Å². The summed E-state index contributed by atoms with van der Waals surface area (Å²) >= 11 is 5.99. The molecule has 1 saturated heterocycles. The molecule has 26 heavy (non-hydrogen) atoms. The molecule has 0 aromatic heterocycles. The number of nitrogens with zero attached hydrogens (tertiary/aromatic N) is 1. The van der Waals surface area contributed by atoms with Crippen LogP contribution in [0.4, 0.5) is 11.4 Å². The van der Waals surface area contributed by atoms with Crippen molar-refractivity contribution in [3.05, 3.63) is 53.6 Å². The molecule has 0 aliphatic carbocycles. The standard InChI is InChI=1S/C20H21ClN2O3/c1-13(2)26-18-8-6-16(7-9-18)22-20(25)14-10-19(24)23(12-14)17-5-3-4-15(21)11-17/h3-9,11,13-14H,10,12H2,1-2H3,(H,22,25). The van der Waals surface area contributed by atoms with Crippen molar-refractivity contribution in [3.8, 4) is 5.75 Å². The Morgan fingerprint density at radius 2 is 1.96 bits per heavy atom. The third-order valence-corrected chi connectivity index (χ3v) is 4.34. The molecule has 1 aliphatic heterocycles. The van der Waals surface area contributed by atoms with E-state index in [9.17, 15) is 9.59 Å². The first-order valence-electron chi connectivity index (χ1n) is 8.56. The molecule has 1 N–H and O–H groups in total. The van der Waals surface area contributed by atoms with Crippen LogP contribution in [0, 0.1) is 5.92 Å². The molecule has 0 bridgehead atoms. The number of carbonyl (C=O) groups excluding carboxylic acids is 2. The fourth-order valence-electron chi connectivity index (χ4n) is 2.91. The Hall–Kier alpha value is -2.53. The number of hydrogen-bond donors (Lipinski definition) is 1. The molecule has 3 rings (SSSR count). The van der Waals surface area contributed by atoms with Gasteiger partial charge in [0.25, 0.3) is 0 Å². The van der Waals surface area contributed by atoms with Crippen LogP contribution in [-0.2, 0) is 9.59 Å². The minimum absolute atomic E-state index is 0.0758. The highest BCUT2D eigenvalue weighted by Crippen LogP contribution is 2.28. The first kappa shape index (κ1) is 18.3. The molecular formula is C20H21ClN2O3. The third-order valence-electron chi connectivity index (χ3n) is 4.11. The highest BCUT2D eigenvalue weighted by Gasteiger charge is 2.35. The van der Waals surface area contributed by atoms with Crippen LogP contribution >= 0.6 is 11.6 Å². The smallest absolute Gasteiger partial charge is 0.229 e. The highest BCUT2D eigenvalue weighted by molar-refractivity contribution is 6.31. The number of ether oxygens (including phenoxy) is 1. The van der Waals surface area contributed by atoms with Crippen LogP contribution < -0.4 is 15.0 Å². The predicted molar refractivity (Wildman–Crippen MR) is 103 cm³/mol. The highest BCUT2D eigenvalue weighted by atomic mass is 35.5. The minimum Gasteiger partial charge on any atom is -0.491 e. The molecule has 1 aliphatic rings. The van der Waals surface area contributed by atoms with Crippen LogP contribution in [0.5, 0.6) is 5.75 Å². The van der Waals surface area contributed by atoms with Gasteiger partial charge < -0.3 is 15.0 Å². The Kier molecular flexibility index (Phi) is 5.47. The molecule has 0 spiro atoms. The zero-order valence-electron chi connectivity index (χ0n) is 14.7. The largest absolute Gasteiger partial charge is 0.491 e. The molecule has 1 unspecified atom stereocenters. The Morgan fingerprint density at radius 3 is 2.62 bits per heavy atom. The van der Waals surface area contributed by atoms with E-state index in [1.165, 1.54) is 0 Å². The molecule has 1 atom stereocenters. The number of benzene rings is 2. The molecule has 136 valence electrons. The summed E-state index contributed by atoms with van der Waals surface area (Å²) in [4.78, 5) is 26.4. The lowest BCUT2D eigenvalue weighted by atomic mass is 10.1. The van der Waals surface area contributed by atoms with Crippen molar-refractivity contribution < 1.29 is 14.3 Å². The Bertz CT molecular complexity index is 805. The average Bonchev–Trinajstić information content (AvgIpc) is 2.98. The number of rotatable bonds is 5.